The van der Waals surface area contributed by atoms with Gasteiger partial charge in [-0.05, 0) is 43.8 Å². The summed E-state index contributed by atoms with van der Waals surface area (Å²) in [6, 6.07) is 0.347. The van der Waals surface area contributed by atoms with E-state index in [2.05, 4.69) is 29.3 Å². The summed E-state index contributed by atoms with van der Waals surface area (Å²) in [4.78, 5) is 15.3. The van der Waals surface area contributed by atoms with E-state index < -0.39 is 0 Å². The minimum Gasteiger partial charge on any atom is -0.506 e. The lowest BCUT2D eigenvalue weighted by atomic mass is 9.54. The van der Waals surface area contributed by atoms with Crippen LogP contribution in [0.1, 0.15) is 39.0 Å². The second-order valence-corrected chi connectivity index (χ2v) is 8.24. The zero-order valence-electron chi connectivity index (χ0n) is 15.5. The monoisotopic (exact) mass is 354 g/mol. The molecule has 2 aliphatic carbocycles. The van der Waals surface area contributed by atoms with Gasteiger partial charge in [0.05, 0.1) is 23.8 Å². The first-order valence-electron chi connectivity index (χ1n) is 9.71. The van der Waals surface area contributed by atoms with Crippen molar-refractivity contribution >= 4 is 5.97 Å². The summed E-state index contributed by atoms with van der Waals surface area (Å²) in [6.45, 7) is 4.23. The lowest BCUT2D eigenvalue weighted by Gasteiger charge is -2.54. The molecule has 0 amide bonds. The number of hydrogen-bond acceptors (Lipinski definition) is 5. The van der Waals surface area contributed by atoms with Gasteiger partial charge in [-0.15, -0.1) is 0 Å². The number of nitrogens with zero attached hydrogens (tertiary/aromatic N) is 1. The van der Waals surface area contributed by atoms with E-state index in [1.165, 1.54) is 12.7 Å². The SMILES string of the molecule is CC[C@]12C=CCN3CC[C@@]4(C5=C(NC4=C(C(=O)OC)C1)C(O)=CCC5)[C@@H]32. The number of hydrogen-bond donors (Lipinski definition) is 2. The molecule has 1 saturated heterocycles. The summed E-state index contributed by atoms with van der Waals surface area (Å²) in [5, 5.41) is 14.0. The minimum atomic E-state index is -0.237. The fourth-order valence-electron chi connectivity index (χ4n) is 6.40. The molecule has 3 aliphatic heterocycles. The number of methoxy groups -OCH3 is 1. The largest absolute Gasteiger partial charge is 0.506 e. The van der Waals surface area contributed by atoms with E-state index in [4.69, 9.17) is 4.74 Å². The maximum Gasteiger partial charge on any atom is 0.335 e. The number of carbonyl (C=O) groups excluding carboxylic acids is 1. The van der Waals surface area contributed by atoms with Crippen molar-refractivity contribution in [2.45, 2.75) is 45.1 Å². The van der Waals surface area contributed by atoms with Gasteiger partial charge in [0.15, 0.2) is 0 Å². The fourth-order valence-corrected chi connectivity index (χ4v) is 6.40. The van der Waals surface area contributed by atoms with Gasteiger partial charge in [0.1, 0.15) is 5.76 Å². The third-order valence-corrected chi connectivity index (χ3v) is 7.38. The normalized spacial score (nSPS) is 37.8. The number of ether oxygens (including phenoxy) is 1. The summed E-state index contributed by atoms with van der Waals surface area (Å²) < 4.78 is 5.18. The molecular weight excluding hydrogens is 328 g/mol. The number of nitrogens with one attached hydrogen (secondary N) is 1. The van der Waals surface area contributed by atoms with Crippen LogP contribution >= 0.6 is 0 Å². The summed E-state index contributed by atoms with van der Waals surface area (Å²) in [5.41, 5.74) is 3.66. The molecule has 0 aromatic heterocycles. The number of aliphatic hydroxyl groups is 1. The van der Waals surface area contributed by atoms with Gasteiger partial charge in [-0.25, -0.2) is 4.79 Å². The topological polar surface area (TPSA) is 61.8 Å². The van der Waals surface area contributed by atoms with Crippen molar-refractivity contribution in [1.29, 1.82) is 0 Å². The Morgan fingerprint density at radius 2 is 2.35 bits per heavy atom. The van der Waals surface area contributed by atoms with Gasteiger partial charge in [-0.3, -0.25) is 4.90 Å². The molecule has 0 aromatic carbocycles. The van der Waals surface area contributed by atoms with Gasteiger partial charge < -0.3 is 15.2 Å². The highest BCUT2D eigenvalue weighted by Gasteiger charge is 2.66. The molecule has 5 heteroatoms. The van der Waals surface area contributed by atoms with Gasteiger partial charge in [-0.2, -0.15) is 0 Å². The molecule has 0 saturated carbocycles. The van der Waals surface area contributed by atoms with Gasteiger partial charge >= 0.3 is 5.97 Å². The molecular formula is C21H26N2O3. The highest BCUT2D eigenvalue weighted by Crippen LogP contribution is 2.65. The van der Waals surface area contributed by atoms with Crippen molar-refractivity contribution in [2.24, 2.45) is 10.8 Å². The van der Waals surface area contributed by atoms with E-state index >= 15 is 0 Å². The standard InChI is InChI=1S/C21H26N2O3/c1-3-20-8-5-10-23-11-9-21(19(20)23)14-6-4-7-15(24)16(14)22-17(21)13(12-20)18(25)26-2/h5,7-8,19,22,24H,3-4,6,9-12H2,1-2H3/t19-,20-,21-/m0/s1. The van der Waals surface area contributed by atoms with Gasteiger partial charge in [-0.1, -0.05) is 19.1 Å². The maximum atomic E-state index is 12.7. The molecule has 5 nitrogen and oxygen atoms in total. The number of carbonyl (C=O) groups is 1. The van der Waals surface area contributed by atoms with Crippen LogP contribution in [0.3, 0.4) is 0 Å². The van der Waals surface area contributed by atoms with Gasteiger partial charge in [0.2, 0.25) is 0 Å². The second-order valence-electron chi connectivity index (χ2n) is 8.24. The molecule has 0 bridgehead atoms. The molecule has 0 aromatic rings. The summed E-state index contributed by atoms with van der Waals surface area (Å²) >= 11 is 0. The molecule has 1 fully saturated rings. The maximum absolute atomic E-state index is 12.7. The van der Waals surface area contributed by atoms with Gasteiger partial charge in [0.25, 0.3) is 0 Å². The number of rotatable bonds is 2. The molecule has 1 spiro atoms. The predicted molar refractivity (Wildman–Crippen MR) is 98.0 cm³/mol. The Morgan fingerprint density at radius 3 is 3.12 bits per heavy atom. The lowest BCUT2D eigenvalue weighted by Crippen LogP contribution is -2.57. The van der Waals surface area contributed by atoms with Crippen LogP contribution < -0.4 is 5.32 Å². The zero-order chi connectivity index (χ0) is 18.1. The predicted octanol–water partition coefficient (Wildman–Crippen LogP) is 2.94. The van der Waals surface area contributed by atoms with Crippen LogP contribution in [0, 0.1) is 10.8 Å². The van der Waals surface area contributed by atoms with Crippen LogP contribution in [0.25, 0.3) is 0 Å². The Labute approximate surface area is 154 Å². The van der Waals surface area contributed by atoms with Gasteiger partial charge in [0, 0.05) is 30.2 Å². The van der Waals surface area contributed by atoms with Crippen molar-refractivity contribution < 1.29 is 14.6 Å². The molecule has 0 radical (unpaired) electrons. The van der Waals surface area contributed by atoms with Crippen LogP contribution in [0.5, 0.6) is 0 Å². The summed E-state index contributed by atoms with van der Waals surface area (Å²) in [7, 11) is 1.46. The highest BCUT2D eigenvalue weighted by molar-refractivity contribution is 5.91. The first-order valence-corrected chi connectivity index (χ1v) is 9.71. The van der Waals surface area contributed by atoms with Crippen molar-refractivity contribution in [3.05, 3.63) is 46.5 Å². The molecule has 5 aliphatic rings. The minimum absolute atomic E-state index is 0.0529. The van der Waals surface area contributed by atoms with Crippen molar-refractivity contribution in [3.63, 3.8) is 0 Å². The van der Waals surface area contributed by atoms with Crippen LogP contribution in [0.15, 0.2) is 46.5 Å². The Kier molecular flexibility index (Phi) is 3.27. The van der Waals surface area contributed by atoms with Crippen LogP contribution in [0.2, 0.25) is 0 Å². The zero-order valence-corrected chi connectivity index (χ0v) is 15.5. The number of allylic oxidation sites excluding steroid dienone is 1. The summed E-state index contributed by atoms with van der Waals surface area (Å²) in [5.74, 6) is 0.0949. The van der Waals surface area contributed by atoms with Crippen LogP contribution in [-0.2, 0) is 9.53 Å². The first-order chi connectivity index (χ1) is 12.6. The molecule has 26 heavy (non-hydrogen) atoms. The Bertz CT molecular complexity index is 821. The second kappa shape index (κ2) is 5.26. The van der Waals surface area contributed by atoms with E-state index in [0.717, 1.165) is 55.7 Å². The quantitative estimate of drug-likeness (QED) is 0.590. The average molecular weight is 354 g/mol. The molecule has 3 heterocycles. The van der Waals surface area contributed by atoms with Crippen molar-refractivity contribution in [2.75, 3.05) is 20.2 Å². The highest BCUT2D eigenvalue weighted by atomic mass is 16.5. The Balaban J connectivity index is 1.80. The summed E-state index contributed by atoms with van der Waals surface area (Å²) in [6.07, 6.45) is 11.0. The molecule has 2 N–H and O–H groups in total. The van der Waals surface area contributed by atoms with Crippen molar-refractivity contribution in [3.8, 4) is 0 Å². The number of esters is 1. The average Bonchev–Trinajstić information content (AvgIpc) is 3.22. The Hall–Kier alpha value is -2.01. The lowest BCUT2D eigenvalue weighted by molar-refractivity contribution is -0.137. The van der Waals surface area contributed by atoms with E-state index in [0.29, 0.717) is 18.2 Å². The Morgan fingerprint density at radius 1 is 1.50 bits per heavy atom. The van der Waals surface area contributed by atoms with E-state index in [1.54, 1.807) is 0 Å². The van der Waals surface area contributed by atoms with E-state index in [1.807, 2.05) is 6.08 Å². The molecule has 5 rings (SSSR count). The van der Waals surface area contributed by atoms with Crippen LogP contribution in [0.4, 0.5) is 0 Å². The van der Waals surface area contributed by atoms with Crippen LogP contribution in [-0.4, -0.2) is 42.2 Å². The van der Waals surface area contributed by atoms with Crippen molar-refractivity contribution in [1.82, 2.24) is 10.2 Å². The third kappa shape index (κ3) is 1.72. The molecule has 138 valence electrons. The molecule has 0 unspecified atom stereocenters. The third-order valence-electron chi connectivity index (χ3n) is 7.38. The van der Waals surface area contributed by atoms with E-state index in [9.17, 15) is 9.90 Å². The van der Waals surface area contributed by atoms with E-state index in [-0.39, 0.29) is 16.8 Å². The smallest absolute Gasteiger partial charge is 0.335 e. The molecule has 3 atom stereocenters. The fraction of sp³-hybridized carbons (Fsp3) is 0.571. The number of aliphatic hydroxyl groups excluding tert-OH is 1. The first kappa shape index (κ1) is 16.2.